The van der Waals surface area contributed by atoms with Crippen molar-refractivity contribution in [3.05, 3.63) is 71.9 Å². The second-order valence-electron chi connectivity index (χ2n) is 6.47. The first kappa shape index (κ1) is 21.2. The van der Waals surface area contributed by atoms with Gasteiger partial charge in [-0.3, -0.25) is 0 Å². The van der Waals surface area contributed by atoms with Gasteiger partial charge >= 0.3 is 6.18 Å². The van der Waals surface area contributed by atoms with Gasteiger partial charge in [-0.1, -0.05) is 55.4 Å². The summed E-state index contributed by atoms with van der Waals surface area (Å²) < 4.78 is 40.6. The topological polar surface area (TPSA) is 29.0 Å². The van der Waals surface area contributed by atoms with Gasteiger partial charge in [0.2, 0.25) is 5.95 Å². The van der Waals surface area contributed by atoms with Crippen LogP contribution in [0.5, 0.6) is 0 Å². The molecule has 3 nitrogen and oxygen atoms in total. The van der Waals surface area contributed by atoms with Crippen molar-refractivity contribution in [1.82, 2.24) is 9.97 Å². The standard InChI is InChI=1S/C22H22F3N3S/c1-3-9-16-10-8-11-17(14-16)28(4-2)21-26-15-19(22(23,24)25)20(27-21)29-18-12-6-5-7-13-18/h5-8,10-15H,3-4,9H2,1-2H3. The van der Waals surface area contributed by atoms with Crippen LogP contribution in [0.3, 0.4) is 0 Å². The molecule has 2 aromatic carbocycles. The first-order chi connectivity index (χ1) is 13.9. The highest BCUT2D eigenvalue weighted by molar-refractivity contribution is 7.99. The Morgan fingerprint density at radius 3 is 2.41 bits per heavy atom. The zero-order valence-corrected chi connectivity index (χ0v) is 17.1. The van der Waals surface area contributed by atoms with E-state index < -0.39 is 11.7 Å². The van der Waals surface area contributed by atoms with Gasteiger partial charge in [-0.25, -0.2) is 9.97 Å². The van der Waals surface area contributed by atoms with Crippen molar-refractivity contribution >= 4 is 23.4 Å². The van der Waals surface area contributed by atoms with Gasteiger partial charge in [0, 0.05) is 23.3 Å². The molecule has 0 bridgehead atoms. The van der Waals surface area contributed by atoms with Gasteiger partial charge < -0.3 is 4.90 Å². The van der Waals surface area contributed by atoms with Gasteiger partial charge in [0.05, 0.1) is 0 Å². The van der Waals surface area contributed by atoms with Crippen molar-refractivity contribution in [1.29, 1.82) is 0 Å². The fraction of sp³-hybridized carbons (Fsp3) is 0.273. The van der Waals surface area contributed by atoms with Crippen LogP contribution in [0.1, 0.15) is 31.4 Å². The summed E-state index contributed by atoms with van der Waals surface area (Å²) in [6.07, 6.45) is -1.68. The Morgan fingerprint density at radius 1 is 1.00 bits per heavy atom. The summed E-state index contributed by atoms with van der Waals surface area (Å²) in [7, 11) is 0. The maximum Gasteiger partial charge on any atom is 0.420 e. The van der Waals surface area contributed by atoms with Crippen LogP contribution in [0.25, 0.3) is 0 Å². The largest absolute Gasteiger partial charge is 0.420 e. The zero-order valence-electron chi connectivity index (χ0n) is 16.3. The highest BCUT2D eigenvalue weighted by Crippen LogP contribution is 2.39. The van der Waals surface area contributed by atoms with Crippen LogP contribution in [-0.2, 0) is 12.6 Å². The van der Waals surface area contributed by atoms with Gasteiger partial charge in [0.25, 0.3) is 0 Å². The lowest BCUT2D eigenvalue weighted by Gasteiger charge is -2.23. The normalized spacial score (nSPS) is 11.5. The first-order valence-corrected chi connectivity index (χ1v) is 10.3. The molecule has 0 unspecified atom stereocenters. The third-order valence-corrected chi connectivity index (χ3v) is 5.34. The Labute approximate surface area is 173 Å². The molecule has 7 heteroatoms. The van der Waals surface area contributed by atoms with Gasteiger partial charge in [0.15, 0.2) is 0 Å². The molecule has 152 valence electrons. The second kappa shape index (κ2) is 9.31. The number of alkyl halides is 3. The fourth-order valence-corrected chi connectivity index (χ4v) is 3.89. The predicted octanol–water partition coefficient (Wildman–Crippen LogP) is 6.76. The molecule has 1 aromatic heterocycles. The highest BCUT2D eigenvalue weighted by atomic mass is 32.2. The predicted molar refractivity (Wildman–Crippen MR) is 111 cm³/mol. The Morgan fingerprint density at radius 2 is 1.76 bits per heavy atom. The maximum atomic E-state index is 13.5. The number of anilines is 2. The van der Waals surface area contributed by atoms with E-state index in [1.807, 2.05) is 42.2 Å². The van der Waals surface area contributed by atoms with Crippen LogP contribution < -0.4 is 4.90 Å². The SMILES string of the molecule is CCCc1cccc(N(CC)c2ncc(C(F)(F)F)c(Sc3ccccc3)n2)c1. The lowest BCUT2D eigenvalue weighted by Crippen LogP contribution is -2.20. The molecule has 0 spiro atoms. The molecule has 1 heterocycles. The Bertz CT molecular complexity index is 946. The van der Waals surface area contributed by atoms with Crippen LogP contribution in [0.4, 0.5) is 24.8 Å². The Kier molecular flexibility index (Phi) is 6.79. The highest BCUT2D eigenvalue weighted by Gasteiger charge is 2.35. The fourth-order valence-electron chi connectivity index (χ4n) is 2.97. The van der Waals surface area contributed by atoms with E-state index in [2.05, 4.69) is 16.9 Å². The third-order valence-electron chi connectivity index (χ3n) is 4.32. The summed E-state index contributed by atoms with van der Waals surface area (Å²) in [6, 6.07) is 16.9. The molecule has 0 saturated carbocycles. The lowest BCUT2D eigenvalue weighted by atomic mass is 10.1. The molecular formula is C22H22F3N3S. The molecule has 0 radical (unpaired) electrons. The van der Waals surface area contributed by atoms with Crippen molar-refractivity contribution in [2.75, 3.05) is 11.4 Å². The summed E-state index contributed by atoms with van der Waals surface area (Å²) in [5.74, 6) is 0.257. The maximum absolute atomic E-state index is 13.5. The van der Waals surface area contributed by atoms with Crippen molar-refractivity contribution in [3.8, 4) is 0 Å². The molecule has 0 N–H and O–H groups in total. The first-order valence-electron chi connectivity index (χ1n) is 9.46. The quantitative estimate of drug-likeness (QED) is 0.397. The van der Waals surface area contributed by atoms with Crippen molar-refractivity contribution < 1.29 is 13.2 Å². The number of aromatic nitrogens is 2. The minimum absolute atomic E-state index is 0.100. The Balaban J connectivity index is 2.02. The summed E-state index contributed by atoms with van der Waals surface area (Å²) in [4.78, 5) is 10.9. The van der Waals surface area contributed by atoms with Gasteiger partial charge in [-0.05, 0) is 43.2 Å². The van der Waals surface area contributed by atoms with Crippen LogP contribution in [0.15, 0.2) is 70.7 Å². The molecule has 0 aliphatic carbocycles. The lowest BCUT2D eigenvalue weighted by molar-refractivity contribution is -0.140. The number of halogens is 3. The van der Waals surface area contributed by atoms with E-state index in [1.54, 1.807) is 24.3 Å². The van der Waals surface area contributed by atoms with E-state index in [1.165, 1.54) is 5.56 Å². The molecule has 3 rings (SSSR count). The van der Waals surface area contributed by atoms with E-state index >= 15 is 0 Å². The van der Waals surface area contributed by atoms with E-state index in [9.17, 15) is 13.2 Å². The van der Waals surface area contributed by atoms with Gasteiger partial charge in [0.1, 0.15) is 10.6 Å². The molecule has 0 saturated heterocycles. The minimum Gasteiger partial charge on any atom is -0.311 e. The van der Waals surface area contributed by atoms with Crippen molar-refractivity contribution in [3.63, 3.8) is 0 Å². The smallest absolute Gasteiger partial charge is 0.311 e. The average Bonchev–Trinajstić information content (AvgIpc) is 2.69. The minimum atomic E-state index is -4.52. The second-order valence-corrected chi connectivity index (χ2v) is 7.53. The summed E-state index contributed by atoms with van der Waals surface area (Å²) in [6.45, 7) is 4.57. The third kappa shape index (κ3) is 5.29. The molecule has 0 aliphatic heterocycles. The summed E-state index contributed by atoms with van der Waals surface area (Å²) in [5, 5.41) is -0.100. The van der Waals surface area contributed by atoms with Gasteiger partial charge in [-0.15, -0.1) is 0 Å². The van der Waals surface area contributed by atoms with E-state index in [-0.39, 0.29) is 11.0 Å². The summed E-state index contributed by atoms with van der Waals surface area (Å²) in [5.41, 5.74) is 1.22. The molecule has 0 amide bonds. The monoisotopic (exact) mass is 417 g/mol. The van der Waals surface area contributed by atoms with Crippen molar-refractivity contribution in [2.45, 2.75) is 42.8 Å². The number of hydrogen-bond donors (Lipinski definition) is 0. The number of nitrogens with zero attached hydrogens (tertiary/aromatic N) is 3. The molecule has 3 aromatic rings. The number of rotatable bonds is 7. The molecule has 0 fully saturated rings. The van der Waals surface area contributed by atoms with Crippen LogP contribution in [0, 0.1) is 0 Å². The molecule has 0 atom stereocenters. The molecular weight excluding hydrogens is 395 g/mol. The van der Waals surface area contributed by atoms with Crippen LogP contribution in [-0.4, -0.2) is 16.5 Å². The molecule has 0 aliphatic rings. The van der Waals surface area contributed by atoms with Crippen LogP contribution >= 0.6 is 11.8 Å². The van der Waals surface area contributed by atoms with Crippen molar-refractivity contribution in [2.24, 2.45) is 0 Å². The van der Waals surface area contributed by atoms with Crippen LogP contribution in [0.2, 0.25) is 0 Å². The Hall–Kier alpha value is -2.54. The van der Waals surface area contributed by atoms with E-state index in [0.717, 1.165) is 36.5 Å². The van der Waals surface area contributed by atoms with E-state index in [0.29, 0.717) is 11.4 Å². The summed E-state index contributed by atoms with van der Waals surface area (Å²) >= 11 is 0.992. The average molecular weight is 418 g/mol. The number of benzene rings is 2. The molecule has 29 heavy (non-hydrogen) atoms. The van der Waals surface area contributed by atoms with E-state index in [4.69, 9.17) is 0 Å². The zero-order chi connectivity index (χ0) is 20.9. The number of hydrogen-bond acceptors (Lipinski definition) is 4. The van der Waals surface area contributed by atoms with Gasteiger partial charge in [-0.2, -0.15) is 13.2 Å². The number of aryl methyl sites for hydroxylation is 1.